The van der Waals surface area contributed by atoms with Crippen LogP contribution in [0.5, 0.6) is 0 Å². The lowest BCUT2D eigenvalue weighted by Gasteiger charge is -2.25. The van der Waals surface area contributed by atoms with Crippen molar-refractivity contribution in [1.82, 2.24) is 19.6 Å². The van der Waals surface area contributed by atoms with Crippen LogP contribution in [0.1, 0.15) is 43.2 Å². The highest BCUT2D eigenvalue weighted by atomic mass is 16.2. The average molecular weight is 366 g/mol. The summed E-state index contributed by atoms with van der Waals surface area (Å²) in [6.07, 6.45) is 8.12. The largest absolute Gasteiger partial charge is 0.284 e. The monoisotopic (exact) mass is 366 g/mol. The molecule has 2 heterocycles. The summed E-state index contributed by atoms with van der Waals surface area (Å²) in [5.41, 5.74) is 1.89. The van der Waals surface area contributed by atoms with Crippen molar-refractivity contribution in [3.8, 4) is 0 Å². The minimum Gasteiger partial charge on any atom is -0.284 e. The molecule has 0 unspecified atom stereocenters. The third kappa shape index (κ3) is 3.67. The first kappa shape index (κ1) is 17.9. The van der Waals surface area contributed by atoms with Gasteiger partial charge in [0.2, 0.25) is 11.8 Å². The molecule has 1 aliphatic carbocycles. The Morgan fingerprint density at radius 3 is 2.59 bits per heavy atom. The van der Waals surface area contributed by atoms with Crippen LogP contribution in [0.2, 0.25) is 0 Å². The number of aromatic nitrogens is 2. The fraction of sp³-hybridized carbons (Fsp3) is 0.476. The smallest absolute Gasteiger partial charge is 0.237 e. The van der Waals surface area contributed by atoms with Gasteiger partial charge in [0.1, 0.15) is 0 Å². The normalized spacial score (nSPS) is 19.0. The Kier molecular flexibility index (Phi) is 4.83. The predicted octanol–water partition coefficient (Wildman–Crippen LogP) is 2.64. The van der Waals surface area contributed by atoms with Gasteiger partial charge in [0.25, 0.3) is 0 Å². The molecule has 6 nitrogen and oxygen atoms in total. The third-order valence-electron chi connectivity index (χ3n) is 5.76. The summed E-state index contributed by atoms with van der Waals surface area (Å²) >= 11 is 0. The fourth-order valence-electron chi connectivity index (χ4n) is 4.39. The van der Waals surface area contributed by atoms with Crippen LogP contribution in [-0.4, -0.2) is 45.1 Å². The summed E-state index contributed by atoms with van der Waals surface area (Å²) < 4.78 is 1.91. The van der Waals surface area contributed by atoms with Crippen LogP contribution in [0.3, 0.4) is 0 Å². The molecule has 142 valence electrons. The van der Waals surface area contributed by atoms with Crippen molar-refractivity contribution < 1.29 is 9.59 Å². The Morgan fingerprint density at radius 1 is 1.11 bits per heavy atom. The zero-order valence-corrected chi connectivity index (χ0v) is 15.8. The van der Waals surface area contributed by atoms with Crippen molar-refractivity contribution in [2.24, 2.45) is 5.41 Å². The second kappa shape index (κ2) is 7.27. The van der Waals surface area contributed by atoms with Gasteiger partial charge in [-0.2, -0.15) is 5.10 Å². The number of carbonyl (C=O) groups excluding carboxylic acids is 2. The van der Waals surface area contributed by atoms with Crippen LogP contribution in [-0.2, 0) is 22.7 Å². The van der Waals surface area contributed by atoms with Crippen molar-refractivity contribution in [3.05, 3.63) is 53.9 Å². The van der Waals surface area contributed by atoms with E-state index in [1.807, 2.05) is 47.2 Å². The van der Waals surface area contributed by atoms with Crippen molar-refractivity contribution in [3.63, 3.8) is 0 Å². The van der Waals surface area contributed by atoms with E-state index in [9.17, 15) is 9.59 Å². The number of rotatable bonds is 6. The molecular formula is C21H26N4O2. The number of nitrogens with zero attached hydrogens (tertiary/aromatic N) is 4. The van der Waals surface area contributed by atoms with E-state index in [2.05, 4.69) is 17.2 Å². The lowest BCUT2D eigenvalue weighted by atomic mass is 9.85. The van der Waals surface area contributed by atoms with E-state index < -0.39 is 5.41 Å². The van der Waals surface area contributed by atoms with Crippen LogP contribution < -0.4 is 0 Å². The molecule has 0 N–H and O–H groups in total. The van der Waals surface area contributed by atoms with Gasteiger partial charge in [-0.25, -0.2) is 0 Å². The summed E-state index contributed by atoms with van der Waals surface area (Å²) in [4.78, 5) is 28.7. The molecule has 1 saturated carbocycles. The Bertz CT molecular complexity index is 824. The quantitative estimate of drug-likeness (QED) is 0.738. The number of hydrogen-bond acceptors (Lipinski definition) is 4. The first-order valence-electron chi connectivity index (χ1n) is 9.64. The molecule has 1 aromatic heterocycles. The number of hydrogen-bond donors (Lipinski definition) is 0. The van der Waals surface area contributed by atoms with Crippen LogP contribution >= 0.6 is 0 Å². The van der Waals surface area contributed by atoms with Gasteiger partial charge < -0.3 is 0 Å². The molecule has 1 spiro atoms. The van der Waals surface area contributed by atoms with Crippen molar-refractivity contribution in [2.75, 3.05) is 13.7 Å². The average Bonchev–Trinajstić information content (AvgIpc) is 3.34. The van der Waals surface area contributed by atoms with Gasteiger partial charge in [-0.3, -0.25) is 24.1 Å². The molecule has 1 aromatic carbocycles. The topological polar surface area (TPSA) is 58.4 Å². The highest BCUT2D eigenvalue weighted by molar-refractivity contribution is 6.06. The van der Waals surface area contributed by atoms with Gasteiger partial charge in [-0.05, 0) is 25.5 Å². The molecule has 2 aromatic rings. The van der Waals surface area contributed by atoms with Crippen LogP contribution in [0.4, 0.5) is 0 Å². The molecule has 27 heavy (non-hydrogen) atoms. The molecule has 0 bridgehead atoms. The highest BCUT2D eigenvalue weighted by Crippen LogP contribution is 2.46. The minimum absolute atomic E-state index is 0.0199. The molecule has 1 saturated heterocycles. The molecule has 1 aliphatic heterocycles. The SMILES string of the molecule is CN(Cc1cnn(Cc2ccccc2)c1)CN1C(=O)CC2(CCCC2)C1=O. The number of benzene rings is 1. The van der Waals surface area contributed by atoms with Gasteiger partial charge in [0.05, 0.1) is 24.8 Å². The highest BCUT2D eigenvalue weighted by Gasteiger charge is 2.52. The molecule has 0 radical (unpaired) electrons. The summed E-state index contributed by atoms with van der Waals surface area (Å²) in [6, 6.07) is 10.2. The first-order chi connectivity index (χ1) is 13.1. The van der Waals surface area contributed by atoms with E-state index in [1.165, 1.54) is 10.5 Å². The van der Waals surface area contributed by atoms with E-state index in [0.717, 1.165) is 37.8 Å². The van der Waals surface area contributed by atoms with Crippen molar-refractivity contribution in [2.45, 2.75) is 45.2 Å². The zero-order chi connectivity index (χ0) is 18.9. The number of carbonyl (C=O) groups is 2. The summed E-state index contributed by atoms with van der Waals surface area (Å²) in [5, 5.41) is 4.43. The molecule has 2 aliphatic rings. The summed E-state index contributed by atoms with van der Waals surface area (Å²) in [5.74, 6) is 0.0187. The van der Waals surface area contributed by atoms with Gasteiger partial charge in [0, 0.05) is 24.7 Å². The summed E-state index contributed by atoms with van der Waals surface area (Å²) in [6.45, 7) is 1.73. The van der Waals surface area contributed by atoms with Crippen LogP contribution in [0.15, 0.2) is 42.7 Å². The second-order valence-corrected chi connectivity index (χ2v) is 7.98. The van der Waals surface area contributed by atoms with E-state index in [-0.39, 0.29) is 11.8 Å². The predicted molar refractivity (Wildman–Crippen MR) is 101 cm³/mol. The van der Waals surface area contributed by atoms with E-state index in [4.69, 9.17) is 0 Å². The Balaban J connectivity index is 1.35. The standard InChI is InChI=1S/C21H26N4O2/c1-23(16-25-19(26)11-21(20(25)27)9-5-6-10-21)13-18-12-22-24(15-18)14-17-7-3-2-4-8-17/h2-4,7-8,12,15H,5-6,9-11,13-14,16H2,1H3. The first-order valence-corrected chi connectivity index (χ1v) is 9.64. The maximum atomic E-state index is 12.8. The second-order valence-electron chi connectivity index (χ2n) is 7.98. The van der Waals surface area contributed by atoms with Crippen LogP contribution in [0.25, 0.3) is 0 Å². The van der Waals surface area contributed by atoms with Crippen LogP contribution in [0, 0.1) is 5.41 Å². The van der Waals surface area contributed by atoms with E-state index in [0.29, 0.717) is 19.6 Å². The van der Waals surface area contributed by atoms with Gasteiger partial charge in [-0.15, -0.1) is 0 Å². The molecule has 6 heteroatoms. The maximum absolute atomic E-state index is 12.8. The summed E-state index contributed by atoms with van der Waals surface area (Å²) in [7, 11) is 1.94. The Hall–Kier alpha value is -2.47. The minimum atomic E-state index is -0.390. The number of likely N-dealkylation sites (tertiary alicyclic amines) is 1. The fourth-order valence-corrected chi connectivity index (χ4v) is 4.39. The molecule has 4 rings (SSSR count). The van der Waals surface area contributed by atoms with E-state index >= 15 is 0 Å². The zero-order valence-electron chi connectivity index (χ0n) is 15.8. The molecule has 2 amide bonds. The lowest BCUT2D eigenvalue weighted by molar-refractivity contribution is -0.143. The van der Waals surface area contributed by atoms with Gasteiger partial charge >= 0.3 is 0 Å². The Morgan fingerprint density at radius 2 is 1.85 bits per heavy atom. The molecule has 2 fully saturated rings. The number of imide groups is 1. The molecule has 0 atom stereocenters. The maximum Gasteiger partial charge on any atom is 0.237 e. The lowest BCUT2D eigenvalue weighted by Crippen LogP contribution is -2.41. The van der Waals surface area contributed by atoms with Crippen molar-refractivity contribution in [1.29, 1.82) is 0 Å². The van der Waals surface area contributed by atoms with E-state index in [1.54, 1.807) is 0 Å². The number of amides is 2. The van der Waals surface area contributed by atoms with Gasteiger partial charge in [-0.1, -0.05) is 43.2 Å². The Labute approximate surface area is 159 Å². The molecular weight excluding hydrogens is 340 g/mol. The van der Waals surface area contributed by atoms with Crippen molar-refractivity contribution >= 4 is 11.8 Å². The third-order valence-corrected chi connectivity index (χ3v) is 5.76. The van der Waals surface area contributed by atoms with Gasteiger partial charge in [0.15, 0.2) is 0 Å².